The monoisotopic (exact) mass is 427 g/mol. The summed E-state index contributed by atoms with van der Waals surface area (Å²) in [6, 6.07) is 18.3. The van der Waals surface area contributed by atoms with E-state index in [0.29, 0.717) is 25.2 Å². The first-order chi connectivity index (χ1) is 15.7. The Labute approximate surface area is 185 Å². The van der Waals surface area contributed by atoms with Gasteiger partial charge in [-0.1, -0.05) is 24.3 Å². The molecular weight excluding hydrogens is 402 g/mol. The van der Waals surface area contributed by atoms with Crippen molar-refractivity contribution in [1.29, 1.82) is 0 Å². The molecule has 1 saturated heterocycles. The number of piperazine rings is 1. The van der Waals surface area contributed by atoms with Crippen LogP contribution in [0.5, 0.6) is 0 Å². The molecule has 162 valence electrons. The smallest absolute Gasteiger partial charge is 0.251 e. The number of amides is 2. The van der Waals surface area contributed by atoms with Crippen molar-refractivity contribution in [2.24, 2.45) is 0 Å². The predicted octanol–water partition coefficient (Wildman–Crippen LogP) is 2.93. The number of hydrogen-bond acceptors (Lipinski definition) is 4. The van der Waals surface area contributed by atoms with E-state index in [4.69, 9.17) is 0 Å². The number of carbonyl (C=O) groups is 2. The second-order valence-corrected chi connectivity index (χ2v) is 8.18. The van der Waals surface area contributed by atoms with Crippen LogP contribution < -0.4 is 10.6 Å². The van der Waals surface area contributed by atoms with E-state index >= 15 is 0 Å². The third kappa shape index (κ3) is 4.33. The highest BCUT2D eigenvalue weighted by atomic mass is 16.2. The molecule has 0 radical (unpaired) electrons. The summed E-state index contributed by atoms with van der Waals surface area (Å²) < 4.78 is 0. The number of aromatic nitrogens is 2. The summed E-state index contributed by atoms with van der Waals surface area (Å²) in [5, 5.41) is 16.1. The molecule has 1 aliphatic rings. The van der Waals surface area contributed by atoms with Crippen molar-refractivity contribution in [3.63, 3.8) is 0 Å². The highest BCUT2D eigenvalue weighted by Gasteiger charge is 2.15. The second-order valence-electron chi connectivity index (χ2n) is 8.18. The van der Waals surface area contributed by atoms with Crippen LogP contribution in [-0.2, 0) is 4.79 Å². The molecule has 3 aromatic carbocycles. The summed E-state index contributed by atoms with van der Waals surface area (Å²) in [5.41, 5.74) is 3.94. The van der Waals surface area contributed by atoms with Crippen LogP contribution in [0.2, 0.25) is 0 Å². The molecule has 32 heavy (non-hydrogen) atoms. The normalized spacial score (nSPS) is 14.6. The zero-order valence-electron chi connectivity index (χ0n) is 17.7. The van der Waals surface area contributed by atoms with Crippen LogP contribution in [-0.4, -0.2) is 59.6 Å². The van der Waals surface area contributed by atoms with Gasteiger partial charge >= 0.3 is 0 Å². The predicted molar refractivity (Wildman–Crippen MR) is 125 cm³/mol. The largest absolute Gasteiger partial charge is 0.354 e. The number of rotatable bonds is 6. The molecule has 0 aliphatic carbocycles. The SMILES string of the molecule is O=C1CN(CCCNC(=O)c2ccc3cc(-c4ccc5[nH]ncc5c4)ccc3c2)CCN1. The number of nitrogens with zero attached hydrogens (tertiary/aromatic N) is 2. The fourth-order valence-corrected chi connectivity index (χ4v) is 4.18. The number of hydrogen-bond donors (Lipinski definition) is 3. The lowest BCUT2D eigenvalue weighted by atomic mass is 9.99. The Morgan fingerprint density at radius 1 is 1.00 bits per heavy atom. The molecule has 0 spiro atoms. The van der Waals surface area contributed by atoms with Crippen LogP contribution >= 0.6 is 0 Å². The fraction of sp³-hybridized carbons (Fsp3) is 0.240. The molecule has 0 saturated carbocycles. The van der Waals surface area contributed by atoms with Crippen LogP contribution in [0.25, 0.3) is 32.8 Å². The Balaban J connectivity index is 1.22. The molecule has 1 aromatic heterocycles. The van der Waals surface area contributed by atoms with Gasteiger partial charge in [0.05, 0.1) is 18.3 Å². The number of aromatic amines is 1. The third-order valence-electron chi connectivity index (χ3n) is 5.93. The molecule has 2 heterocycles. The average molecular weight is 428 g/mol. The molecule has 0 bridgehead atoms. The van der Waals surface area contributed by atoms with Gasteiger partial charge in [-0.05, 0) is 58.7 Å². The van der Waals surface area contributed by atoms with Crippen LogP contribution in [0.4, 0.5) is 0 Å². The van der Waals surface area contributed by atoms with Crippen molar-refractivity contribution in [2.45, 2.75) is 6.42 Å². The summed E-state index contributed by atoms with van der Waals surface area (Å²) in [6.07, 6.45) is 2.64. The Hall–Kier alpha value is -3.71. The Morgan fingerprint density at radius 3 is 2.66 bits per heavy atom. The van der Waals surface area contributed by atoms with Crippen molar-refractivity contribution in [3.05, 3.63) is 66.4 Å². The highest BCUT2D eigenvalue weighted by molar-refractivity contribution is 5.99. The molecule has 1 fully saturated rings. The van der Waals surface area contributed by atoms with E-state index in [2.05, 4.69) is 56.1 Å². The number of carbonyl (C=O) groups excluding carboxylic acids is 2. The van der Waals surface area contributed by atoms with Crippen molar-refractivity contribution >= 4 is 33.5 Å². The molecule has 0 unspecified atom stereocenters. The summed E-state index contributed by atoms with van der Waals surface area (Å²) in [5.74, 6) is -0.000548. The average Bonchev–Trinajstić information content (AvgIpc) is 3.29. The highest BCUT2D eigenvalue weighted by Crippen LogP contribution is 2.27. The standard InChI is InChI=1S/C25H25N5O2/c31-24-16-30(11-9-26-24)10-1-8-27-25(32)21-5-4-18-12-17(2-3-19(18)13-21)20-6-7-23-22(14-20)15-28-29-23/h2-7,12-15H,1,8-11,16H2,(H,26,31)(H,27,32)(H,28,29). The van der Waals surface area contributed by atoms with E-state index in [1.54, 1.807) is 0 Å². The van der Waals surface area contributed by atoms with Gasteiger partial charge in [0, 0.05) is 37.1 Å². The Bertz CT molecular complexity index is 1300. The lowest BCUT2D eigenvalue weighted by Crippen LogP contribution is -2.48. The molecule has 4 aromatic rings. The number of benzene rings is 3. The number of H-pyrrole nitrogens is 1. The quantitative estimate of drug-likeness (QED) is 0.413. The van der Waals surface area contributed by atoms with Gasteiger partial charge in [-0.2, -0.15) is 5.10 Å². The van der Waals surface area contributed by atoms with E-state index in [1.165, 1.54) is 0 Å². The minimum absolute atomic E-state index is 0.0710. The molecule has 3 N–H and O–H groups in total. The van der Waals surface area contributed by atoms with Gasteiger partial charge in [-0.25, -0.2) is 0 Å². The van der Waals surface area contributed by atoms with Crippen LogP contribution in [0.3, 0.4) is 0 Å². The van der Waals surface area contributed by atoms with Gasteiger partial charge in [0.25, 0.3) is 5.91 Å². The zero-order chi connectivity index (χ0) is 21.9. The van der Waals surface area contributed by atoms with Gasteiger partial charge in [0.15, 0.2) is 0 Å². The van der Waals surface area contributed by atoms with Crippen molar-refractivity contribution in [3.8, 4) is 11.1 Å². The lowest BCUT2D eigenvalue weighted by Gasteiger charge is -2.26. The number of nitrogens with one attached hydrogen (secondary N) is 3. The van der Waals surface area contributed by atoms with Gasteiger partial charge in [-0.15, -0.1) is 0 Å². The van der Waals surface area contributed by atoms with Crippen molar-refractivity contribution in [1.82, 2.24) is 25.7 Å². The summed E-state index contributed by atoms with van der Waals surface area (Å²) in [7, 11) is 0. The first-order valence-electron chi connectivity index (χ1n) is 10.9. The molecule has 2 amide bonds. The first kappa shape index (κ1) is 20.2. The summed E-state index contributed by atoms with van der Waals surface area (Å²) >= 11 is 0. The number of fused-ring (bicyclic) bond motifs is 2. The molecule has 5 rings (SSSR count). The van der Waals surface area contributed by atoms with Gasteiger partial charge in [-0.3, -0.25) is 19.6 Å². The maximum Gasteiger partial charge on any atom is 0.251 e. The summed E-state index contributed by atoms with van der Waals surface area (Å²) in [6.45, 7) is 3.39. The summed E-state index contributed by atoms with van der Waals surface area (Å²) in [4.78, 5) is 26.1. The van der Waals surface area contributed by atoms with E-state index in [1.807, 2.05) is 30.5 Å². The van der Waals surface area contributed by atoms with E-state index in [0.717, 1.165) is 52.3 Å². The van der Waals surface area contributed by atoms with E-state index in [9.17, 15) is 9.59 Å². The maximum absolute atomic E-state index is 12.6. The van der Waals surface area contributed by atoms with E-state index in [-0.39, 0.29) is 11.8 Å². The third-order valence-corrected chi connectivity index (χ3v) is 5.93. The Kier molecular flexibility index (Phi) is 5.56. The minimum atomic E-state index is -0.0715. The first-order valence-corrected chi connectivity index (χ1v) is 10.9. The maximum atomic E-state index is 12.6. The lowest BCUT2D eigenvalue weighted by molar-refractivity contribution is -0.124. The van der Waals surface area contributed by atoms with Crippen molar-refractivity contribution in [2.75, 3.05) is 32.7 Å². The van der Waals surface area contributed by atoms with Gasteiger partial charge in [0.1, 0.15) is 0 Å². The van der Waals surface area contributed by atoms with Crippen LogP contribution in [0.1, 0.15) is 16.8 Å². The second kappa shape index (κ2) is 8.80. The van der Waals surface area contributed by atoms with Crippen LogP contribution in [0.15, 0.2) is 60.8 Å². The van der Waals surface area contributed by atoms with Crippen LogP contribution in [0, 0.1) is 0 Å². The zero-order valence-corrected chi connectivity index (χ0v) is 17.7. The van der Waals surface area contributed by atoms with Gasteiger partial charge < -0.3 is 10.6 Å². The van der Waals surface area contributed by atoms with Crippen molar-refractivity contribution < 1.29 is 9.59 Å². The topological polar surface area (TPSA) is 90.1 Å². The minimum Gasteiger partial charge on any atom is -0.354 e. The molecular formula is C25H25N5O2. The van der Waals surface area contributed by atoms with Gasteiger partial charge in [0.2, 0.25) is 5.91 Å². The molecule has 7 heteroatoms. The molecule has 0 atom stereocenters. The Morgan fingerprint density at radius 2 is 1.78 bits per heavy atom. The van der Waals surface area contributed by atoms with E-state index < -0.39 is 0 Å². The fourth-order valence-electron chi connectivity index (χ4n) is 4.18. The molecule has 1 aliphatic heterocycles. The molecule has 7 nitrogen and oxygen atoms in total.